The van der Waals surface area contributed by atoms with E-state index >= 15 is 0 Å². The van der Waals surface area contributed by atoms with Crippen LogP contribution < -0.4 is 5.32 Å². The number of amides is 2. The summed E-state index contributed by atoms with van der Waals surface area (Å²) in [6.07, 6.45) is 2.73. The SMILES string of the molecule is O=C(NCCCO)[C@@H](c1ccccc1)N(Cc1ccccc1)C(=O)CCc1ccc(S(=O)(=O)N2CCCC2)cc1. The Morgan fingerprint density at radius 1 is 0.875 bits per heavy atom. The van der Waals surface area contributed by atoms with Crippen LogP contribution in [0.25, 0.3) is 0 Å². The fourth-order valence-electron chi connectivity index (χ4n) is 4.90. The van der Waals surface area contributed by atoms with Crippen molar-refractivity contribution < 1.29 is 23.1 Å². The Bertz CT molecular complexity index is 1340. The van der Waals surface area contributed by atoms with Crippen LogP contribution in [0.3, 0.4) is 0 Å². The van der Waals surface area contributed by atoms with Crippen molar-refractivity contribution in [1.82, 2.24) is 14.5 Å². The summed E-state index contributed by atoms with van der Waals surface area (Å²) in [6, 6.07) is 24.6. The molecule has 1 saturated heterocycles. The van der Waals surface area contributed by atoms with E-state index in [2.05, 4.69) is 5.32 Å². The summed E-state index contributed by atoms with van der Waals surface area (Å²) in [7, 11) is -3.50. The lowest BCUT2D eigenvalue weighted by Crippen LogP contribution is -2.43. The molecule has 1 fully saturated rings. The van der Waals surface area contributed by atoms with Gasteiger partial charge in [-0.2, -0.15) is 4.31 Å². The van der Waals surface area contributed by atoms with Gasteiger partial charge in [-0.05, 0) is 54.5 Å². The highest BCUT2D eigenvalue weighted by molar-refractivity contribution is 7.89. The number of sulfonamides is 1. The van der Waals surface area contributed by atoms with Gasteiger partial charge in [-0.25, -0.2) is 8.42 Å². The van der Waals surface area contributed by atoms with E-state index in [1.165, 1.54) is 4.31 Å². The standard InChI is InChI=1S/C31H37N3O5S/c35-23-9-20-32-31(37)30(27-12-5-2-6-13-27)34(24-26-10-3-1-4-11-26)29(36)19-16-25-14-17-28(18-15-25)40(38,39)33-21-7-8-22-33/h1-6,10-15,17-18,30,35H,7-9,16,19-24H2,(H,32,37)/t30-/m1/s1. The first-order valence-corrected chi connectivity index (χ1v) is 15.2. The third-order valence-corrected chi connectivity index (χ3v) is 8.99. The summed E-state index contributed by atoms with van der Waals surface area (Å²) in [5, 5.41) is 12.0. The van der Waals surface area contributed by atoms with Crippen molar-refractivity contribution in [3.05, 3.63) is 102 Å². The molecule has 0 aliphatic carbocycles. The molecule has 0 aromatic heterocycles. The smallest absolute Gasteiger partial charge is 0.247 e. The van der Waals surface area contributed by atoms with Crippen LogP contribution in [-0.2, 0) is 32.6 Å². The number of aliphatic hydroxyl groups is 1. The van der Waals surface area contributed by atoms with Gasteiger partial charge in [0, 0.05) is 39.2 Å². The molecule has 40 heavy (non-hydrogen) atoms. The molecule has 1 aliphatic rings. The Balaban J connectivity index is 1.54. The van der Waals surface area contributed by atoms with Crippen LogP contribution in [0.4, 0.5) is 0 Å². The van der Waals surface area contributed by atoms with Crippen molar-refractivity contribution in [2.45, 2.75) is 49.6 Å². The van der Waals surface area contributed by atoms with Gasteiger partial charge in [-0.3, -0.25) is 9.59 Å². The molecule has 0 saturated carbocycles. The van der Waals surface area contributed by atoms with Gasteiger partial charge >= 0.3 is 0 Å². The molecule has 0 unspecified atom stereocenters. The maximum Gasteiger partial charge on any atom is 0.247 e. The summed E-state index contributed by atoms with van der Waals surface area (Å²) in [6.45, 7) is 1.61. The minimum absolute atomic E-state index is 0.0406. The van der Waals surface area contributed by atoms with Crippen LogP contribution in [-0.4, -0.2) is 60.8 Å². The van der Waals surface area contributed by atoms with E-state index in [9.17, 15) is 23.1 Å². The van der Waals surface area contributed by atoms with Gasteiger partial charge in [0.15, 0.2) is 0 Å². The van der Waals surface area contributed by atoms with Crippen molar-refractivity contribution in [3.63, 3.8) is 0 Å². The molecule has 0 spiro atoms. The Morgan fingerprint density at radius 3 is 2.12 bits per heavy atom. The number of carbonyl (C=O) groups excluding carboxylic acids is 2. The molecule has 3 aromatic rings. The predicted molar refractivity (Wildman–Crippen MR) is 154 cm³/mol. The largest absolute Gasteiger partial charge is 0.396 e. The van der Waals surface area contributed by atoms with E-state index < -0.39 is 16.1 Å². The minimum atomic E-state index is -3.50. The highest BCUT2D eigenvalue weighted by Gasteiger charge is 2.31. The lowest BCUT2D eigenvalue weighted by atomic mass is 10.0. The van der Waals surface area contributed by atoms with Crippen LogP contribution in [0.1, 0.15) is 48.4 Å². The summed E-state index contributed by atoms with van der Waals surface area (Å²) in [4.78, 5) is 29.1. The highest BCUT2D eigenvalue weighted by atomic mass is 32.2. The van der Waals surface area contributed by atoms with Gasteiger partial charge in [0.1, 0.15) is 6.04 Å². The van der Waals surface area contributed by atoms with Crippen LogP contribution in [0.5, 0.6) is 0 Å². The van der Waals surface area contributed by atoms with Crippen LogP contribution >= 0.6 is 0 Å². The molecule has 0 bridgehead atoms. The van der Waals surface area contributed by atoms with Crippen LogP contribution in [0.2, 0.25) is 0 Å². The number of hydrogen-bond acceptors (Lipinski definition) is 5. The zero-order chi connectivity index (χ0) is 28.4. The third kappa shape index (κ3) is 7.56. The molecular weight excluding hydrogens is 526 g/mol. The fraction of sp³-hybridized carbons (Fsp3) is 0.355. The first-order valence-electron chi connectivity index (χ1n) is 13.8. The number of aryl methyl sites for hydroxylation is 1. The van der Waals surface area contributed by atoms with Gasteiger partial charge in [-0.1, -0.05) is 72.8 Å². The summed E-state index contributed by atoms with van der Waals surface area (Å²) >= 11 is 0. The second-order valence-corrected chi connectivity index (χ2v) is 11.9. The van der Waals surface area contributed by atoms with Gasteiger partial charge < -0.3 is 15.3 Å². The average molecular weight is 564 g/mol. The van der Waals surface area contributed by atoms with Crippen molar-refractivity contribution in [2.75, 3.05) is 26.2 Å². The summed E-state index contributed by atoms with van der Waals surface area (Å²) in [5.74, 6) is -0.496. The molecule has 9 heteroatoms. The molecule has 3 aromatic carbocycles. The van der Waals surface area contributed by atoms with Crippen molar-refractivity contribution in [2.24, 2.45) is 0 Å². The Hall–Kier alpha value is -3.53. The van der Waals surface area contributed by atoms with E-state index in [1.54, 1.807) is 29.2 Å². The molecule has 212 valence electrons. The fourth-order valence-corrected chi connectivity index (χ4v) is 6.42. The quantitative estimate of drug-likeness (QED) is 0.309. The average Bonchev–Trinajstić information content (AvgIpc) is 3.53. The monoisotopic (exact) mass is 563 g/mol. The first-order chi connectivity index (χ1) is 19.4. The predicted octanol–water partition coefficient (Wildman–Crippen LogP) is 3.67. The minimum Gasteiger partial charge on any atom is -0.396 e. The second-order valence-electron chi connectivity index (χ2n) is 9.94. The summed E-state index contributed by atoms with van der Waals surface area (Å²) < 4.78 is 27.2. The number of nitrogens with zero attached hydrogens (tertiary/aromatic N) is 2. The maximum atomic E-state index is 13.8. The van der Waals surface area contributed by atoms with E-state index in [4.69, 9.17) is 0 Å². The topological polar surface area (TPSA) is 107 Å². The van der Waals surface area contributed by atoms with Gasteiger partial charge in [0.2, 0.25) is 21.8 Å². The summed E-state index contributed by atoms with van der Waals surface area (Å²) in [5.41, 5.74) is 2.44. The van der Waals surface area contributed by atoms with Crippen LogP contribution in [0.15, 0.2) is 89.8 Å². The second kappa shape index (κ2) is 14.2. The maximum absolute atomic E-state index is 13.8. The molecule has 1 aliphatic heterocycles. The zero-order valence-corrected chi connectivity index (χ0v) is 23.4. The highest BCUT2D eigenvalue weighted by Crippen LogP contribution is 2.26. The van der Waals surface area contributed by atoms with E-state index in [1.807, 2.05) is 60.7 Å². The molecule has 2 N–H and O–H groups in total. The molecule has 4 rings (SSSR count). The molecule has 2 amide bonds. The van der Waals surface area contributed by atoms with Crippen molar-refractivity contribution in [1.29, 1.82) is 0 Å². The van der Waals surface area contributed by atoms with Crippen LogP contribution in [0, 0.1) is 0 Å². The number of aliphatic hydroxyl groups excluding tert-OH is 1. The van der Waals surface area contributed by atoms with Gasteiger partial charge in [0.05, 0.1) is 4.90 Å². The lowest BCUT2D eigenvalue weighted by Gasteiger charge is -2.32. The Kier molecular flexibility index (Phi) is 10.5. The zero-order valence-electron chi connectivity index (χ0n) is 22.6. The Morgan fingerprint density at radius 2 is 1.50 bits per heavy atom. The third-order valence-electron chi connectivity index (χ3n) is 7.08. The molecular formula is C31H37N3O5S. The van der Waals surface area contributed by atoms with E-state index in [0.29, 0.717) is 38.0 Å². The van der Waals surface area contributed by atoms with Gasteiger partial charge in [-0.15, -0.1) is 0 Å². The van der Waals surface area contributed by atoms with Gasteiger partial charge in [0.25, 0.3) is 0 Å². The number of rotatable bonds is 13. The number of nitrogens with one attached hydrogen (secondary N) is 1. The molecule has 0 radical (unpaired) electrons. The van der Waals surface area contributed by atoms with Crippen molar-refractivity contribution in [3.8, 4) is 0 Å². The van der Waals surface area contributed by atoms with E-state index in [0.717, 1.165) is 24.0 Å². The number of hydrogen-bond donors (Lipinski definition) is 2. The Labute approximate surface area is 236 Å². The van der Waals surface area contributed by atoms with E-state index in [-0.39, 0.29) is 36.3 Å². The molecule has 8 nitrogen and oxygen atoms in total. The molecule has 1 heterocycles. The normalized spacial score (nSPS) is 14.5. The van der Waals surface area contributed by atoms with Crippen molar-refractivity contribution >= 4 is 21.8 Å². The number of carbonyl (C=O) groups is 2. The lowest BCUT2D eigenvalue weighted by molar-refractivity contribution is -0.141. The number of benzene rings is 3. The molecule has 1 atom stereocenters. The first kappa shape index (κ1) is 29.5.